The Labute approximate surface area is 125 Å². The third kappa shape index (κ3) is 3.12. The van der Waals surface area contributed by atoms with Gasteiger partial charge in [-0.25, -0.2) is 27.4 Å². The molecule has 1 amide bonds. The molecular formula is C14H7F5N2O2. The number of nitrogens with one attached hydrogen (secondary N) is 1. The van der Waals surface area contributed by atoms with Crippen LogP contribution in [0.2, 0.25) is 0 Å². The quantitative estimate of drug-likeness (QED) is 0.299. The number of benzene rings is 2. The molecule has 0 aliphatic heterocycles. The lowest BCUT2D eigenvalue weighted by molar-refractivity contribution is 0.0943. The van der Waals surface area contributed by atoms with E-state index in [0.717, 1.165) is 6.21 Å². The smallest absolute Gasteiger partial charge is 0.277 e. The summed E-state index contributed by atoms with van der Waals surface area (Å²) in [7, 11) is 0. The summed E-state index contributed by atoms with van der Waals surface area (Å²) in [6, 6.07) is 5.77. The molecule has 0 fully saturated rings. The van der Waals surface area contributed by atoms with Crippen molar-refractivity contribution >= 4 is 12.1 Å². The molecule has 0 saturated carbocycles. The van der Waals surface area contributed by atoms with Crippen LogP contribution in [0.25, 0.3) is 0 Å². The highest BCUT2D eigenvalue weighted by Gasteiger charge is 2.29. The van der Waals surface area contributed by atoms with Gasteiger partial charge in [0.25, 0.3) is 5.91 Å². The molecule has 23 heavy (non-hydrogen) atoms. The summed E-state index contributed by atoms with van der Waals surface area (Å²) in [5, 5.41) is 12.7. The molecule has 2 aromatic rings. The highest BCUT2D eigenvalue weighted by Crippen LogP contribution is 2.22. The Bertz CT molecular complexity index is 779. The maximum Gasteiger partial charge on any atom is 0.277 e. The van der Waals surface area contributed by atoms with Crippen molar-refractivity contribution < 1.29 is 31.9 Å². The van der Waals surface area contributed by atoms with Crippen LogP contribution in [0.4, 0.5) is 22.0 Å². The number of rotatable bonds is 3. The molecule has 9 heteroatoms. The van der Waals surface area contributed by atoms with Crippen LogP contribution in [0.3, 0.4) is 0 Å². The Balaban J connectivity index is 2.27. The molecule has 0 atom stereocenters. The van der Waals surface area contributed by atoms with Crippen molar-refractivity contribution in [2.45, 2.75) is 0 Å². The molecule has 0 unspecified atom stereocenters. The molecule has 2 N–H and O–H groups in total. The lowest BCUT2D eigenvalue weighted by Gasteiger charge is -2.06. The molecule has 4 nitrogen and oxygen atoms in total. The minimum Gasteiger partial charge on any atom is -0.507 e. The van der Waals surface area contributed by atoms with Gasteiger partial charge in [0, 0.05) is 5.56 Å². The average molecular weight is 330 g/mol. The second kappa shape index (κ2) is 6.42. The van der Waals surface area contributed by atoms with Crippen molar-refractivity contribution in [1.82, 2.24) is 5.43 Å². The van der Waals surface area contributed by atoms with Gasteiger partial charge in [0.1, 0.15) is 11.3 Å². The fraction of sp³-hybridized carbons (Fsp3) is 0. The van der Waals surface area contributed by atoms with E-state index in [0.29, 0.717) is 0 Å². The van der Waals surface area contributed by atoms with Crippen LogP contribution >= 0.6 is 0 Å². The molecule has 0 bridgehead atoms. The van der Waals surface area contributed by atoms with Gasteiger partial charge in [-0.05, 0) is 12.1 Å². The Hall–Kier alpha value is -2.97. The first-order valence-electron chi connectivity index (χ1n) is 5.97. The molecule has 120 valence electrons. The first-order chi connectivity index (χ1) is 10.8. The van der Waals surface area contributed by atoms with Gasteiger partial charge in [-0.3, -0.25) is 4.79 Å². The van der Waals surface area contributed by atoms with Crippen molar-refractivity contribution in [2.75, 3.05) is 0 Å². The third-order valence-corrected chi connectivity index (χ3v) is 2.74. The van der Waals surface area contributed by atoms with Crippen molar-refractivity contribution in [3.05, 3.63) is 64.5 Å². The molecule has 2 rings (SSSR count). The summed E-state index contributed by atoms with van der Waals surface area (Å²) >= 11 is 0. The second-order valence-electron chi connectivity index (χ2n) is 4.20. The van der Waals surface area contributed by atoms with Gasteiger partial charge in [0.15, 0.2) is 23.3 Å². The Morgan fingerprint density at radius 3 is 2.04 bits per heavy atom. The number of carbonyl (C=O) groups excluding carboxylic acids is 1. The second-order valence-corrected chi connectivity index (χ2v) is 4.20. The molecular weight excluding hydrogens is 323 g/mol. The zero-order chi connectivity index (χ0) is 17.1. The number of phenols is 1. The Kier molecular flexibility index (Phi) is 4.58. The van der Waals surface area contributed by atoms with E-state index >= 15 is 0 Å². The number of nitrogens with zero attached hydrogens (tertiary/aromatic N) is 1. The molecule has 2 aromatic carbocycles. The zero-order valence-corrected chi connectivity index (χ0v) is 11.1. The normalized spacial score (nSPS) is 11.0. The third-order valence-electron chi connectivity index (χ3n) is 2.74. The predicted octanol–water partition coefficient (Wildman–Crippen LogP) is 2.85. The summed E-state index contributed by atoms with van der Waals surface area (Å²) in [5.74, 6) is -13.2. The summed E-state index contributed by atoms with van der Waals surface area (Å²) in [6.45, 7) is 0. The van der Waals surface area contributed by atoms with Gasteiger partial charge < -0.3 is 5.11 Å². The van der Waals surface area contributed by atoms with E-state index in [4.69, 9.17) is 0 Å². The molecule has 0 aliphatic rings. The largest absolute Gasteiger partial charge is 0.507 e. The molecule has 0 saturated heterocycles. The van der Waals surface area contributed by atoms with Crippen molar-refractivity contribution in [1.29, 1.82) is 0 Å². The molecule has 0 radical (unpaired) electrons. The number of aromatic hydroxyl groups is 1. The topological polar surface area (TPSA) is 61.7 Å². The maximum atomic E-state index is 13.4. The number of carbonyl (C=O) groups is 1. The van der Waals surface area contributed by atoms with Crippen molar-refractivity contribution in [3.8, 4) is 5.75 Å². The number of hydrogen-bond acceptors (Lipinski definition) is 3. The zero-order valence-electron chi connectivity index (χ0n) is 11.1. The summed E-state index contributed by atoms with van der Waals surface area (Å²) in [4.78, 5) is 11.6. The number of para-hydroxylation sites is 1. The first kappa shape index (κ1) is 16.4. The van der Waals surface area contributed by atoms with Crippen LogP contribution < -0.4 is 5.43 Å². The minimum absolute atomic E-state index is 0.158. The summed E-state index contributed by atoms with van der Waals surface area (Å²) in [6.07, 6.45) is 0.930. The van der Waals surface area contributed by atoms with Crippen LogP contribution in [-0.4, -0.2) is 17.2 Å². The van der Waals surface area contributed by atoms with E-state index in [1.807, 2.05) is 0 Å². The van der Waals surface area contributed by atoms with Gasteiger partial charge in [0.05, 0.1) is 6.21 Å². The van der Waals surface area contributed by atoms with Crippen molar-refractivity contribution in [2.24, 2.45) is 5.10 Å². The predicted molar refractivity (Wildman–Crippen MR) is 69.4 cm³/mol. The van der Waals surface area contributed by atoms with Crippen LogP contribution in [0.1, 0.15) is 15.9 Å². The van der Waals surface area contributed by atoms with E-state index in [9.17, 15) is 31.9 Å². The van der Waals surface area contributed by atoms with Crippen LogP contribution in [-0.2, 0) is 0 Å². The molecule has 0 aromatic heterocycles. The molecule has 0 heterocycles. The number of amides is 1. The number of halogens is 5. The Morgan fingerprint density at radius 2 is 1.48 bits per heavy atom. The van der Waals surface area contributed by atoms with E-state index in [-0.39, 0.29) is 11.3 Å². The number of hydrogen-bond donors (Lipinski definition) is 2. The monoisotopic (exact) mass is 330 g/mol. The van der Waals surface area contributed by atoms with Gasteiger partial charge in [-0.1, -0.05) is 12.1 Å². The van der Waals surface area contributed by atoms with Gasteiger partial charge in [-0.2, -0.15) is 5.10 Å². The van der Waals surface area contributed by atoms with Crippen LogP contribution in [0, 0.1) is 29.1 Å². The molecule has 0 aliphatic carbocycles. The van der Waals surface area contributed by atoms with Gasteiger partial charge >= 0.3 is 0 Å². The number of phenolic OH excluding ortho intramolecular Hbond substituents is 1. The van der Waals surface area contributed by atoms with Gasteiger partial charge in [-0.15, -0.1) is 0 Å². The Morgan fingerprint density at radius 1 is 0.957 bits per heavy atom. The summed E-state index contributed by atoms with van der Waals surface area (Å²) in [5.41, 5.74) is 0.115. The van der Waals surface area contributed by atoms with Crippen LogP contribution in [0.15, 0.2) is 29.4 Å². The van der Waals surface area contributed by atoms with E-state index in [1.165, 1.54) is 24.3 Å². The first-order valence-corrected chi connectivity index (χ1v) is 5.97. The highest BCUT2D eigenvalue weighted by atomic mass is 19.2. The standard InChI is InChI=1S/C14H7F5N2O2/c15-9-8(10(16)12(18)13(19)11(9)17)14(23)21-20-5-6-3-1-2-4-7(6)22/h1-5,22H,(H,21,23). The summed E-state index contributed by atoms with van der Waals surface area (Å²) < 4.78 is 65.6. The fourth-order valence-electron chi connectivity index (χ4n) is 1.62. The van der Waals surface area contributed by atoms with Gasteiger partial charge in [0.2, 0.25) is 5.82 Å². The lowest BCUT2D eigenvalue weighted by atomic mass is 10.1. The maximum absolute atomic E-state index is 13.4. The number of hydrazone groups is 1. The van der Waals surface area contributed by atoms with E-state index in [1.54, 1.807) is 5.43 Å². The SMILES string of the molecule is O=C(NN=Cc1ccccc1O)c1c(F)c(F)c(F)c(F)c1F. The van der Waals surface area contributed by atoms with E-state index < -0.39 is 40.6 Å². The average Bonchev–Trinajstić information content (AvgIpc) is 2.53. The van der Waals surface area contributed by atoms with Crippen molar-refractivity contribution in [3.63, 3.8) is 0 Å². The van der Waals surface area contributed by atoms with Crippen LogP contribution in [0.5, 0.6) is 5.75 Å². The van der Waals surface area contributed by atoms with E-state index in [2.05, 4.69) is 5.10 Å². The fourth-order valence-corrected chi connectivity index (χ4v) is 1.62. The minimum atomic E-state index is -2.37. The lowest BCUT2D eigenvalue weighted by Crippen LogP contribution is -2.23. The highest BCUT2D eigenvalue weighted by molar-refractivity contribution is 5.95. The molecule has 0 spiro atoms.